The highest BCUT2D eigenvalue weighted by Crippen LogP contribution is 2.27. The van der Waals surface area contributed by atoms with E-state index in [1.54, 1.807) is 6.92 Å². The summed E-state index contributed by atoms with van der Waals surface area (Å²) >= 11 is 0. The van der Waals surface area contributed by atoms with Gasteiger partial charge in [-0.1, -0.05) is 54.5 Å². The van der Waals surface area contributed by atoms with Crippen molar-refractivity contribution < 1.29 is 23.1 Å². The number of hydrogen-bond acceptors (Lipinski definition) is 4. The molecular weight excluding hydrogens is 498 g/mol. The fraction of sp³-hybridized carbons (Fsp3) is 0.258. The molecule has 1 atom stereocenters. The minimum absolute atomic E-state index is 0.0288. The van der Waals surface area contributed by atoms with E-state index in [9.17, 15) is 13.2 Å². The van der Waals surface area contributed by atoms with Gasteiger partial charge < -0.3 is 14.4 Å². The summed E-state index contributed by atoms with van der Waals surface area (Å²) in [6.07, 6.45) is 3.26. The lowest BCUT2D eigenvalue weighted by atomic mass is 9.96. The van der Waals surface area contributed by atoms with Crippen LogP contribution in [-0.2, 0) is 33.5 Å². The Labute approximate surface area is 223 Å². The van der Waals surface area contributed by atoms with Crippen molar-refractivity contribution in [2.24, 2.45) is 0 Å². The Morgan fingerprint density at radius 1 is 1.05 bits per heavy atom. The number of benzene rings is 3. The topological polar surface area (TPSA) is 85.6 Å². The van der Waals surface area contributed by atoms with Crippen LogP contribution in [-0.4, -0.2) is 30.3 Å². The quantitative estimate of drug-likeness (QED) is 0.266. The monoisotopic (exact) mass is 529 g/mol. The normalized spacial score (nSPS) is 12.1. The minimum atomic E-state index is -3.10. The summed E-state index contributed by atoms with van der Waals surface area (Å²) in [5.41, 5.74) is 5.98. The molecule has 0 saturated heterocycles. The molecule has 4 aromatic rings. The first kappa shape index (κ1) is 27.0. The first-order valence-corrected chi connectivity index (χ1v) is 14.4. The number of fused-ring (bicyclic) bond motifs is 1. The molecule has 0 aliphatic rings. The van der Waals surface area contributed by atoms with E-state index < -0.39 is 15.8 Å². The minimum Gasteiger partial charge on any atom is -0.489 e. The van der Waals surface area contributed by atoms with Crippen molar-refractivity contribution in [3.05, 3.63) is 101 Å². The Balaban J connectivity index is 1.51. The SMILES string of the molecule is CC#C[C@@H](CC(=O)O)c1ccc(OCc2ccc3ccn(Cc4cccc(CS(C)(=O)=O)c4)c3c2C)cc1. The molecule has 196 valence electrons. The number of rotatable bonds is 10. The van der Waals surface area contributed by atoms with E-state index in [0.717, 1.165) is 38.7 Å². The van der Waals surface area contributed by atoms with Gasteiger partial charge in [0.1, 0.15) is 12.4 Å². The first-order valence-electron chi connectivity index (χ1n) is 12.3. The molecule has 0 radical (unpaired) electrons. The lowest BCUT2D eigenvalue weighted by molar-refractivity contribution is -0.137. The van der Waals surface area contributed by atoms with Gasteiger partial charge >= 0.3 is 5.97 Å². The molecule has 0 saturated carbocycles. The van der Waals surface area contributed by atoms with Gasteiger partial charge in [0.2, 0.25) is 0 Å². The first-order chi connectivity index (χ1) is 18.1. The Bertz CT molecular complexity index is 1620. The van der Waals surface area contributed by atoms with E-state index in [1.165, 1.54) is 6.26 Å². The van der Waals surface area contributed by atoms with Gasteiger partial charge in [0.25, 0.3) is 0 Å². The van der Waals surface area contributed by atoms with Crippen LogP contribution in [0, 0.1) is 18.8 Å². The van der Waals surface area contributed by atoms with Crippen LogP contribution < -0.4 is 4.74 Å². The number of hydrogen-bond donors (Lipinski definition) is 1. The fourth-order valence-electron chi connectivity index (χ4n) is 4.69. The van der Waals surface area contributed by atoms with Gasteiger partial charge in [0.15, 0.2) is 9.84 Å². The van der Waals surface area contributed by atoms with Crippen LogP contribution in [0.4, 0.5) is 0 Å². The molecule has 0 aliphatic carbocycles. The summed E-state index contributed by atoms with van der Waals surface area (Å²) in [4.78, 5) is 11.2. The summed E-state index contributed by atoms with van der Waals surface area (Å²) in [5, 5.41) is 10.3. The van der Waals surface area contributed by atoms with Crippen molar-refractivity contribution in [2.45, 2.75) is 45.1 Å². The molecule has 6 nitrogen and oxygen atoms in total. The lowest BCUT2D eigenvalue weighted by Gasteiger charge is -2.14. The number of aromatic nitrogens is 1. The summed E-state index contributed by atoms with van der Waals surface area (Å²) in [6.45, 7) is 4.81. The molecule has 0 fully saturated rings. The van der Waals surface area contributed by atoms with Crippen LogP contribution in [0.2, 0.25) is 0 Å². The maximum Gasteiger partial charge on any atom is 0.304 e. The Morgan fingerprint density at radius 3 is 2.47 bits per heavy atom. The highest BCUT2D eigenvalue weighted by molar-refractivity contribution is 7.89. The summed E-state index contributed by atoms with van der Waals surface area (Å²) in [6, 6.07) is 21.4. The molecular formula is C31H31NO5S. The maximum atomic E-state index is 11.7. The zero-order valence-electron chi connectivity index (χ0n) is 21.8. The number of carbonyl (C=O) groups is 1. The van der Waals surface area contributed by atoms with Gasteiger partial charge in [-0.25, -0.2) is 8.42 Å². The van der Waals surface area contributed by atoms with Crippen LogP contribution in [0.3, 0.4) is 0 Å². The van der Waals surface area contributed by atoms with Crippen molar-refractivity contribution in [1.29, 1.82) is 0 Å². The molecule has 0 spiro atoms. The van der Waals surface area contributed by atoms with E-state index >= 15 is 0 Å². The molecule has 0 amide bonds. The molecule has 7 heteroatoms. The van der Waals surface area contributed by atoms with Crippen molar-refractivity contribution in [1.82, 2.24) is 4.57 Å². The van der Waals surface area contributed by atoms with E-state index in [4.69, 9.17) is 9.84 Å². The number of aryl methyl sites for hydroxylation is 1. The second-order valence-electron chi connectivity index (χ2n) is 9.52. The van der Waals surface area contributed by atoms with Gasteiger partial charge in [-0.15, -0.1) is 5.92 Å². The third-order valence-electron chi connectivity index (χ3n) is 6.44. The van der Waals surface area contributed by atoms with Crippen molar-refractivity contribution in [2.75, 3.05) is 6.26 Å². The second kappa shape index (κ2) is 11.6. The molecule has 1 heterocycles. The molecule has 1 N–H and O–H groups in total. The summed E-state index contributed by atoms with van der Waals surface area (Å²) < 4.78 is 31.7. The molecule has 0 unspecified atom stereocenters. The lowest BCUT2D eigenvalue weighted by Crippen LogP contribution is -2.05. The van der Waals surface area contributed by atoms with Crippen LogP contribution in [0.5, 0.6) is 5.75 Å². The van der Waals surface area contributed by atoms with Crippen LogP contribution in [0.25, 0.3) is 10.9 Å². The van der Waals surface area contributed by atoms with Crippen LogP contribution in [0.1, 0.15) is 47.1 Å². The van der Waals surface area contributed by atoms with Crippen molar-refractivity contribution >= 4 is 26.7 Å². The van der Waals surface area contributed by atoms with Crippen molar-refractivity contribution in [3.8, 4) is 17.6 Å². The standard InChI is InChI=1S/C31H31NO5S/c1-4-6-27(18-30(33)34)25-11-13-29(14-12-25)37-20-28-10-9-26-15-16-32(31(26)22(28)2)19-23-7-5-8-24(17-23)21-38(3,35)36/h5,7-17,27H,18-21H2,1-3H3,(H,33,34)/t27-/m0/s1. The molecule has 38 heavy (non-hydrogen) atoms. The second-order valence-corrected chi connectivity index (χ2v) is 11.7. The highest BCUT2D eigenvalue weighted by atomic mass is 32.2. The third-order valence-corrected chi connectivity index (χ3v) is 7.30. The molecule has 4 rings (SSSR count). The highest BCUT2D eigenvalue weighted by Gasteiger charge is 2.14. The van der Waals surface area contributed by atoms with E-state index in [1.807, 2.05) is 48.5 Å². The van der Waals surface area contributed by atoms with Gasteiger partial charge in [-0.05, 0) is 65.3 Å². The van der Waals surface area contributed by atoms with Crippen molar-refractivity contribution in [3.63, 3.8) is 0 Å². The van der Waals surface area contributed by atoms with E-state index in [2.05, 4.69) is 47.7 Å². The predicted octanol–water partition coefficient (Wildman–Crippen LogP) is 5.70. The Kier molecular flexibility index (Phi) is 8.23. The number of nitrogens with zero attached hydrogens (tertiary/aromatic N) is 1. The fourth-order valence-corrected chi connectivity index (χ4v) is 5.47. The molecule has 1 aromatic heterocycles. The van der Waals surface area contributed by atoms with Gasteiger partial charge in [-0.3, -0.25) is 4.79 Å². The van der Waals surface area contributed by atoms with Crippen LogP contribution >= 0.6 is 0 Å². The number of aliphatic carboxylic acids is 1. The number of carboxylic acid groups (broad SMARTS) is 1. The molecule has 0 aliphatic heterocycles. The van der Waals surface area contributed by atoms with Gasteiger partial charge in [-0.2, -0.15) is 0 Å². The largest absolute Gasteiger partial charge is 0.489 e. The third kappa shape index (κ3) is 6.84. The van der Waals surface area contributed by atoms with E-state index in [-0.39, 0.29) is 18.1 Å². The number of ether oxygens (including phenoxy) is 1. The predicted molar refractivity (Wildman–Crippen MR) is 150 cm³/mol. The molecule has 3 aromatic carbocycles. The zero-order valence-corrected chi connectivity index (χ0v) is 22.6. The Morgan fingerprint density at radius 2 is 1.79 bits per heavy atom. The molecule has 0 bridgehead atoms. The summed E-state index contributed by atoms with van der Waals surface area (Å²) in [5.74, 6) is 5.27. The van der Waals surface area contributed by atoms with Gasteiger partial charge in [0.05, 0.1) is 23.6 Å². The van der Waals surface area contributed by atoms with Gasteiger partial charge in [0, 0.05) is 19.0 Å². The maximum absolute atomic E-state index is 11.7. The average molecular weight is 530 g/mol. The zero-order chi connectivity index (χ0) is 27.3. The average Bonchev–Trinajstić information content (AvgIpc) is 3.26. The Hall–Kier alpha value is -4.02. The number of carboxylic acids is 1. The van der Waals surface area contributed by atoms with E-state index in [0.29, 0.717) is 18.9 Å². The van der Waals surface area contributed by atoms with Crippen LogP contribution in [0.15, 0.2) is 72.9 Å². The summed E-state index contributed by atoms with van der Waals surface area (Å²) in [7, 11) is -3.10. The smallest absolute Gasteiger partial charge is 0.304 e. The number of sulfone groups is 1.